The van der Waals surface area contributed by atoms with Crippen LogP contribution < -0.4 is 0 Å². The fourth-order valence-electron chi connectivity index (χ4n) is 4.78. The van der Waals surface area contributed by atoms with Crippen LogP contribution in [0, 0.1) is 13.8 Å². The largest absolute Gasteiger partial charge is 0.370 e. The SMILES string of the molecule is Cc1nn(C)c(C)c1CCC(=O)N1CC2(CC(N3CCCC3)CO2)C1. The lowest BCUT2D eigenvalue weighted by Crippen LogP contribution is -2.63. The Morgan fingerprint density at radius 1 is 1.28 bits per heavy atom. The molecule has 0 aliphatic carbocycles. The number of carbonyl (C=O) groups is 1. The summed E-state index contributed by atoms with van der Waals surface area (Å²) >= 11 is 0. The van der Waals surface area contributed by atoms with Gasteiger partial charge in [-0.3, -0.25) is 14.4 Å². The molecule has 1 aromatic heterocycles. The van der Waals surface area contributed by atoms with Gasteiger partial charge >= 0.3 is 0 Å². The van der Waals surface area contributed by atoms with E-state index in [0.29, 0.717) is 12.5 Å². The molecule has 0 N–H and O–H groups in total. The van der Waals surface area contributed by atoms with Crippen molar-refractivity contribution in [1.82, 2.24) is 19.6 Å². The Morgan fingerprint density at radius 2 is 2.00 bits per heavy atom. The van der Waals surface area contributed by atoms with E-state index in [4.69, 9.17) is 4.74 Å². The molecule has 0 radical (unpaired) electrons. The molecule has 1 amide bonds. The van der Waals surface area contributed by atoms with Crippen molar-refractivity contribution in [1.29, 1.82) is 0 Å². The van der Waals surface area contributed by atoms with Gasteiger partial charge in [0.05, 0.1) is 25.4 Å². The lowest BCUT2D eigenvalue weighted by molar-refractivity contribution is -0.157. The van der Waals surface area contributed by atoms with E-state index in [0.717, 1.165) is 43.9 Å². The summed E-state index contributed by atoms with van der Waals surface area (Å²) in [6, 6.07) is 0.570. The summed E-state index contributed by atoms with van der Waals surface area (Å²) < 4.78 is 8.04. The van der Waals surface area contributed by atoms with Crippen LogP contribution in [0.5, 0.6) is 0 Å². The van der Waals surface area contributed by atoms with Crippen molar-refractivity contribution in [3.05, 3.63) is 17.0 Å². The summed E-state index contributed by atoms with van der Waals surface area (Å²) in [5.74, 6) is 0.251. The van der Waals surface area contributed by atoms with E-state index in [2.05, 4.69) is 16.9 Å². The highest BCUT2D eigenvalue weighted by molar-refractivity contribution is 5.77. The monoisotopic (exact) mass is 346 g/mol. The van der Waals surface area contributed by atoms with E-state index in [1.165, 1.54) is 31.5 Å². The third-order valence-electron chi connectivity index (χ3n) is 6.41. The number of nitrogens with zero attached hydrogens (tertiary/aromatic N) is 4. The quantitative estimate of drug-likeness (QED) is 0.828. The Morgan fingerprint density at radius 3 is 2.64 bits per heavy atom. The molecule has 6 nitrogen and oxygen atoms in total. The lowest BCUT2D eigenvalue weighted by atomic mass is 9.88. The van der Waals surface area contributed by atoms with E-state index in [-0.39, 0.29) is 11.5 Å². The average molecular weight is 346 g/mol. The predicted molar refractivity (Wildman–Crippen MR) is 95.5 cm³/mol. The van der Waals surface area contributed by atoms with Gasteiger partial charge in [0.15, 0.2) is 0 Å². The first kappa shape index (κ1) is 17.0. The summed E-state index contributed by atoms with van der Waals surface area (Å²) in [6.07, 6.45) is 5.09. The standard InChI is InChI=1S/C19H30N4O2/c1-14-17(15(2)21(3)20-14)6-7-18(24)23-12-19(13-23)10-16(11-25-19)22-8-4-5-9-22/h16H,4-13H2,1-3H3. The van der Waals surface area contributed by atoms with E-state index >= 15 is 0 Å². The van der Waals surface area contributed by atoms with Crippen molar-refractivity contribution in [2.75, 3.05) is 32.8 Å². The van der Waals surface area contributed by atoms with E-state index in [1.807, 2.05) is 23.6 Å². The fourth-order valence-corrected chi connectivity index (χ4v) is 4.78. The maximum atomic E-state index is 12.5. The highest BCUT2D eigenvalue weighted by Gasteiger charge is 2.52. The van der Waals surface area contributed by atoms with Crippen LogP contribution in [0.4, 0.5) is 0 Å². The number of aromatic nitrogens is 2. The number of aryl methyl sites for hydroxylation is 2. The van der Waals surface area contributed by atoms with Crippen LogP contribution in [0.3, 0.4) is 0 Å². The molecule has 1 spiro atoms. The zero-order valence-corrected chi connectivity index (χ0v) is 15.8. The molecule has 4 rings (SSSR count). The van der Waals surface area contributed by atoms with Gasteiger partial charge < -0.3 is 9.64 Å². The first-order valence-corrected chi connectivity index (χ1v) is 9.62. The van der Waals surface area contributed by atoms with Gasteiger partial charge in [0.2, 0.25) is 5.91 Å². The zero-order valence-electron chi connectivity index (χ0n) is 15.8. The normalized spacial score (nSPS) is 25.7. The van der Waals surface area contributed by atoms with E-state index in [9.17, 15) is 4.79 Å². The number of likely N-dealkylation sites (tertiary alicyclic amines) is 2. The Labute approximate surface area is 150 Å². The first-order valence-electron chi connectivity index (χ1n) is 9.62. The van der Waals surface area contributed by atoms with Gasteiger partial charge in [-0.05, 0) is 58.2 Å². The van der Waals surface area contributed by atoms with Gasteiger partial charge in [-0.15, -0.1) is 0 Å². The van der Waals surface area contributed by atoms with Crippen LogP contribution in [0.15, 0.2) is 0 Å². The van der Waals surface area contributed by atoms with Gasteiger partial charge in [-0.1, -0.05) is 0 Å². The number of ether oxygens (including phenoxy) is 1. The van der Waals surface area contributed by atoms with Gasteiger partial charge in [0.25, 0.3) is 0 Å². The molecule has 0 bridgehead atoms. The Hall–Kier alpha value is -1.40. The van der Waals surface area contributed by atoms with Crippen molar-refractivity contribution in [3.8, 4) is 0 Å². The maximum Gasteiger partial charge on any atom is 0.223 e. The molecule has 138 valence electrons. The molecule has 0 aromatic carbocycles. The van der Waals surface area contributed by atoms with Crippen molar-refractivity contribution in [2.24, 2.45) is 7.05 Å². The second-order valence-corrected chi connectivity index (χ2v) is 8.12. The topological polar surface area (TPSA) is 50.6 Å². The van der Waals surface area contributed by atoms with Crippen molar-refractivity contribution >= 4 is 5.91 Å². The molecule has 25 heavy (non-hydrogen) atoms. The number of amides is 1. The van der Waals surface area contributed by atoms with Crippen molar-refractivity contribution < 1.29 is 9.53 Å². The number of hydrogen-bond donors (Lipinski definition) is 0. The summed E-state index contributed by atoms with van der Waals surface area (Å²) in [5, 5.41) is 4.44. The third-order valence-corrected chi connectivity index (χ3v) is 6.41. The minimum atomic E-state index is -0.0525. The Kier molecular flexibility index (Phi) is 4.36. The highest BCUT2D eigenvalue weighted by Crippen LogP contribution is 2.38. The second-order valence-electron chi connectivity index (χ2n) is 8.12. The molecule has 1 atom stereocenters. The fraction of sp³-hybridized carbons (Fsp3) is 0.789. The van der Waals surface area contributed by atoms with Crippen LogP contribution in [0.25, 0.3) is 0 Å². The molecule has 6 heteroatoms. The number of rotatable bonds is 4. The zero-order chi connectivity index (χ0) is 17.6. The minimum Gasteiger partial charge on any atom is -0.370 e. The van der Waals surface area contributed by atoms with Crippen molar-refractivity contribution in [3.63, 3.8) is 0 Å². The summed E-state index contributed by atoms with van der Waals surface area (Å²) in [6.45, 7) is 8.94. The molecule has 3 aliphatic rings. The van der Waals surface area contributed by atoms with Gasteiger partial charge in [-0.2, -0.15) is 5.10 Å². The van der Waals surface area contributed by atoms with Crippen LogP contribution >= 0.6 is 0 Å². The van der Waals surface area contributed by atoms with Crippen LogP contribution in [-0.2, 0) is 23.0 Å². The summed E-state index contributed by atoms with van der Waals surface area (Å²) in [7, 11) is 1.96. The van der Waals surface area contributed by atoms with Crippen LogP contribution in [0.1, 0.15) is 42.6 Å². The smallest absolute Gasteiger partial charge is 0.223 e. The molecule has 3 fully saturated rings. The van der Waals surface area contributed by atoms with Gasteiger partial charge in [0, 0.05) is 25.2 Å². The molecule has 0 saturated carbocycles. The molecule has 4 heterocycles. The lowest BCUT2D eigenvalue weighted by Gasteiger charge is -2.47. The highest BCUT2D eigenvalue weighted by atomic mass is 16.5. The maximum absolute atomic E-state index is 12.5. The first-order chi connectivity index (χ1) is 12.0. The van der Waals surface area contributed by atoms with E-state index in [1.54, 1.807) is 0 Å². The molecule has 3 saturated heterocycles. The van der Waals surface area contributed by atoms with Crippen LogP contribution in [-0.4, -0.2) is 69.9 Å². The summed E-state index contributed by atoms with van der Waals surface area (Å²) in [5.41, 5.74) is 3.37. The molecule has 3 aliphatic heterocycles. The Bertz CT molecular complexity index is 657. The average Bonchev–Trinajstić information content (AvgIpc) is 3.25. The number of carbonyl (C=O) groups excluding carboxylic acids is 1. The molecule has 1 unspecified atom stereocenters. The third kappa shape index (κ3) is 3.10. The molecule has 1 aromatic rings. The Balaban J connectivity index is 1.27. The number of hydrogen-bond acceptors (Lipinski definition) is 4. The molecular weight excluding hydrogens is 316 g/mol. The molecular formula is C19H30N4O2. The van der Waals surface area contributed by atoms with Crippen molar-refractivity contribution in [2.45, 2.75) is 57.6 Å². The van der Waals surface area contributed by atoms with E-state index < -0.39 is 0 Å². The van der Waals surface area contributed by atoms with Crippen LogP contribution in [0.2, 0.25) is 0 Å². The van der Waals surface area contributed by atoms with Gasteiger partial charge in [0.1, 0.15) is 5.60 Å². The predicted octanol–water partition coefficient (Wildman–Crippen LogP) is 1.44. The van der Waals surface area contributed by atoms with Gasteiger partial charge in [-0.25, -0.2) is 0 Å². The second kappa shape index (κ2) is 6.40. The summed E-state index contributed by atoms with van der Waals surface area (Å²) in [4.78, 5) is 17.1. The minimum absolute atomic E-state index is 0.0525.